The van der Waals surface area contributed by atoms with Gasteiger partial charge in [0.1, 0.15) is 5.60 Å². The van der Waals surface area contributed by atoms with Crippen LogP contribution in [-0.2, 0) is 9.53 Å². The molecule has 0 atom stereocenters. The number of likely N-dealkylation sites (tertiary alicyclic amines) is 1. The van der Waals surface area contributed by atoms with Gasteiger partial charge >= 0.3 is 6.09 Å². The molecule has 5 nitrogen and oxygen atoms in total. The van der Waals surface area contributed by atoms with Crippen molar-refractivity contribution in [1.82, 2.24) is 10.2 Å². The number of amides is 2. The van der Waals surface area contributed by atoms with Gasteiger partial charge in [-0.1, -0.05) is 25.5 Å². The quantitative estimate of drug-likeness (QED) is 0.733. The fraction of sp³-hybridized carbons (Fsp3) is 0.727. The molecule has 152 valence electrons. The van der Waals surface area contributed by atoms with E-state index in [1.54, 1.807) is 11.0 Å². The van der Waals surface area contributed by atoms with E-state index in [0.717, 1.165) is 25.7 Å². The van der Waals surface area contributed by atoms with Crippen molar-refractivity contribution in [3.8, 4) is 0 Å². The van der Waals surface area contributed by atoms with Crippen LogP contribution in [0.15, 0.2) is 23.3 Å². The van der Waals surface area contributed by atoms with Crippen molar-refractivity contribution in [1.29, 1.82) is 0 Å². The lowest BCUT2D eigenvalue weighted by Gasteiger charge is -2.34. The molecule has 2 aliphatic rings. The van der Waals surface area contributed by atoms with Crippen molar-refractivity contribution >= 4 is 12.0 Å². The Morgan fingerprint density at radius 1 is 1.22 bits per heavy atom. The Morgan fingerprint density at radius 2 is 1.85 bits per heavy atom. The van der Waals surface area contributed by atoms with Crippen molar-refractivity contribution in [2.24, 2.45) is 5.41 Å². The highest BCUT2D eigenvalue weighted by molar-refractivity contribution is 5.88. The van der Waals surface area contributed by atoms with Crippen molar-refractivity contribution in [3.05, 3.63) is 23.3 Å². The highest BCUT2D eigenvalue weighted by atomic mass is 16.6. The normalized spacial score (nSPS) is 21.5. The summed E-state index contributed by atoms with van der Waals surface area (Å²) in [6, 6.07) is 0.107. The van der Waals surface area contributed by atoms with Crippen LogP contribution in [0.4, 0.5) is 4.79 Å². The summed E-state index contributed by atoms with van der Waals surface area (Å²) in [4.78, 5) is 26.2. The Bertz CT molecular complexity index is 618. The molecule has 0 aromatic carbocycles. The van der Waals surface area contributed by atoms with Gasteiger partial charge in [0, 0.05) is 25.2 Å². The number of nitrogens with one attached hydrogen (secondary N) is 1. The number of carbonyl (C=O) groups is 2. The molecule has 1 saturated heterocycles. The molecule has 1 fully saturated rings. The van der Waals surface area contributed by atoms with Gasteiger partial charge in [-0.3, -0.25) is 4.79 Å². The average molecular weight is 377 g/mol. The number of hydrogen-bond acceptors (Lipinski definition) is 3. The molecule has 0 saturated carbocycles. The molecule has 1 aliphatic heterocycles. The molecule has 0 spiro atoms. The molecular weight excluding hydrogens is 340 g/mol. The molecule has 27 heavy (non-hydrogen) atoms. The maximum Gasteiger partial charge on any atom is 0.410 e. The Morgan fingerprint density at radius 3 is 2.41 bits per heavy atom. The second-order valence-electron chi connectivity index (χ2n) is 9.52. The third kappa shape index (κ3) is 6.40. The monoisotopic (exact) mass is 376 g/mol. The summed E-state index contributed by atoms with van der Waals surface area (Å²) in [7, 11) is 0. The highest BCUT2D eigenvalue weighted by Crippen LogP contribution is 2.40. The molecule has 0 aromatic rings. The summed E-state index contributed by atoms with van der Waals surface area (Å²) in [5, 5.41) is 3.08. The summed E-state index contributed by atoms with van der Waals surface area (Å²) >= 11 is 0. The maximum absolute atomic E-state index is 12.3. The van der Waals surface area contributed by atoms with E-state index in [0.29, 0.717) is 13.1 Å². The van der Waals surface area contributed by atoms with E-state index in [1.165, 1.54) is 17.6 Å². The van der Waals surface area contributed by atoms with Crippen LogP contribution in [0.5, 0.6) is 0 Å². The van der Waals surface area contributed by atoms with Gasteiger partial charge < -0.3 is 15.0 Å². The molecule has 0 unspecified atom stereocenters. The van der Waals surface area contributed by atoms with Gasteiger partial charge in [0.25, 0.3) is 0 Å². The molecule has 1 N–H and O–H groups in total. The van der Waals surface area contributed by atoms with Crippen LogP contribution in [0.2, 0.25) is 0 Å². The number of allylic oxidation sites excluding steroid dienone is 3. The van der Waals surface area contributed by atoms with E-state index in [9.17, 15) is 9.59 Å². The van der Waals surface area contributed by atoms with Crippen LogP contribution < -0.4 is 5.32 Å². The van der Waals surface area contributed by atoms with E-state index in [4.69, 9.17) is 4.74 Å². The smallest absolute Gasteiger partial charge is 0.410 e. The molecule has 5 heteroatoms. The number of rotatable bonds is 3. The van der Waals surface area contributed by atoms with Crippen LogP contribution in [-0.4, -0.2) is 41.6 Å². The van der Waals surface area contributed by atoms with Crippen LogP contribution in [0.3, 0.4) is 0 Å². The van der Waals surface area contributed by atoms with Gasteiger partial charge in [-0.25, -0.2) is 4.79 Å². The number of carbonyl (C=O) groups excluding carboxylic acids is 2. The van der Waals surface area contributed by atoms with E-state index in [-0.39, 0.29) is 23.5 Å². The summed E-state index contributed by atoms with van der Waals surface area (Å²) in [6.45, 7) is 13.5. The van der Waals surface area contributed by atoms with Gasteiger partial charge in [0.15, 0.2) is 0 Å². The molecule has 0 aromatic heterocycles. The highest BCUT2D eigenvalue weighted by Gasteiger charge is 2.28. The topological polar surface area (TPSA) is 58.6 Å². The summed E-state index contributed by atoms with van der Waals surface area (Å²) in [5.74, 6) is -0.0487. The van der Waals surface area contributed by atoms with Crippen molar-refractivity contribution < 1.29 is 14.3 Å². The molecule has 0 radical (unpaired) electrons. The summed E-state index contributed by atoms with van der Waals surface area (Å²) < 4.78 is 5.41. The Balaban J connectivity index is 1.83. The third-order valence-corrected chi connectivity index (χ3v) is 5.44. The molecule has 1 aliphatic carbocycles. The predicted octanol–water partition coefficient (Wildman–Crippen LogP) is 4.58. The van der Waals surface area contributed by atoms with E-state index < -0.39 is 5.60 Å². The second-order valence-corrected chi connectivity index (χ2v) is 9.52. The van der Waals surface area contributed by atoms with Gasteiger partial charge in [-0.15, -0.1) is 0 Å². The van der Waals surface area contributed by atoms with Gasteiger partial charge in [0.2, 0.25) is 5.91 Å². The van der Waals surface area contributed by atoms with Crippen LogP contribution in [0.1, 0.15) is 73.6 Å². The van der Waals surface area contributed by atoms with Crippen LogP contribution >= 0.6 is 0 Å². The van der Waals surface area contributed by atoms with Crippen molar-refractivity contribution in [3.63, 3.8) is 0 Å². The SMILES string of the molecule is CC1=C(/C=C/C(=O)NC2CCN(C(=O)OC(C)(C)C)CC2)C(C)(C)CCC1. The number of nitrogens with zero attached hydrogens (tertiary/aromatic N) is 1. The third-order valence-electron chi connectivity index (χ3n) is 5.44. The van der Waals surface area contributed by atoms with Gasteiger partial charge in [-0.05, 0) is 70.8 Å². The fourth-order valence-corrected chi connectivity index (χ4v) is 3.95. The van der Waals surface area contributed by atoms with Crippen molar-refractivity contribution in [2.75, 3.05) is 13.1 Å². The zero-order valence-electron chi connectivity index (χ0n) is 17.9. The van der Waals surface area contributed by atoms with Gasteiger partial charge in [-0.2, -0.15) is 0 Å². The molecule has 2 rings (SSSR count). The predicted molar refractivity (Wildman–Crippen MR) is 108 cm³/mol. The van der Waals surface area contributed by atoms with Gasteiger partial charge in [0.05, 0.1) is 0 Å². The average Bonchev–Trinajstić information content (AvgIpc) is 2.52. The molecule has 1 heterocycles. The van der Waals surface area contributed by atoms with Crippen LogP contribution in [0.25, 0.3) is 0 Å². The van der Waals surface area contributed by atoms with E-state index in [1.807, 2.05) is 26.8 Å². The first-order chi connectivity index (χ1) is 12.5. The lowest BCUT2D eigenvalue weighted by molar-refractivity contribution is -0.117. The summed E-state index contributed by atoms with van der Waals surface area (Å²) in [6.07, 6.45) is 8.42. The largest absolute Gasteiger partial charge is 0.444 e. The van der Waals surface area contributed by atoms with Crippen molar-refractivity contribution in [2.45, 2.75) is 85.3 Å². The first-order valence-corrected chi connectivity index (χ1v) is 10.1. The Labute approximate surface area is 164 Å². The zero-order chi connectivity index (χ0) is 20.2. The first-order valence-electron chi connectivity index (χ1n) is 10.1. The molecular formula is C22H36N2O3. The minimum atomic E-state index is -0.480. The van der Waals surface area contributed by atoms with E-state index >= 15 is 0 Å². The number of ether oxygens (including phenoxy) is 1. The second kappa shape index (κ2) is 8.49. The molecule has 0 bridgehead atoms. The fourth-order valence-electron chi connectivity index (χ4n) is 3.95. The Hall–Kier alpha value is -1.78. The minimum absolute atomic E-state index is 0.0487. The minimum Gasteiger partial charge on any atom is -0.444 e. The zero-order valence-corrected chi connectivity index (χ0v) is 17.9. The number of piperidine rings is 1. The first kappa shape index (κ1) is 21.5. The molecule has 2 amide bonds. The lowest BCUT2D eigenvalue weighted by atomic mass is 9.72. The Kier molecular flexibility index (Phi) is 6.77. The lowest BCUT2D eigenvalue weighted by Crippen LogP contribution is -2.47. The standard InChI is InChI=1S/C22H36N2O3/c1-16-8-7-13-22(5,6)18(16)9-10-19(25)23-17-11-14-24(15-12-17)20(26)27-21(2,3)4/h9-10,17H,7-8,11-15H2,1-6H3,(H,23,25)/b10-9+. The number of hydrogen-bond donors (Lipinski definition) is 1. The van der Waals surface area contributed by atoms with E-state index in [2.05, 4.69) is 26.1 Å². The maximum atomic E-state index is 12.3. The van der Waals surface area contributed by atoms with Crippen LogP contribution in [0, 0.1) is 5.41 Å². The summed E-state index contributed by atoms with van der Waals surface area (Å²) in [5.41, 5.74) is 2.34.